The van der Waals surface area contributed by atoms with Crippen LogP contribution in [0.2, 0.25) is 0 Å². The molecular weight excluding hydrogens is 287 g/mol. The molecule has 0 aliphatic carbocycles. The minimum Gasteiger partial charge on any atom is -0.508 e. The Balaban J connectivity index is 1.95. The average Bonchev–Trinajstić information content (AvgIpc) is 2.87. The molecule has 0 unspecified atom stereocenters. The molecule has 2 aromatic rings. The van der Waals surface area contributed by atoms with E-state index in [9.17, 15) is 18.3 Å². The highest BCUT2D eigenvalue weighted by atomic mass is 19.4. The molecule has 0 fully saturated rings. The summed E-state index contributed by atoms with van der Waals surface area (Å²) >= 11 is 0. The normalized spacial score (nSPS) is 13.3. The number of hydrogen-bond acceptors (Lipinski definition) is 5. The lowest BCUT2D eigenvalue weighted by atomic mass is 10.1. The van der Waals surface area contributed by atoms with E-state index in [2.05, 4.69) is 10.1 Å². The van der Waals surface area contributed by atoms with Crippen LogP contribution in [-0.4, -0.2) is 21.4 Å². The van der Waals surface area contributed by atoms with Crippen LogP contribution in [0.25, 0.3) is 0 Å². The summed E-state index contributed by atoms with van der Waals surface area (Å²) in [5.41, 5.74) is 6.72. The van der Waals surface area contributed by atoms with Gasteiger partial charge in [-0.2, -0.15) is 18.2 Å². The number of nitrogens with two attached hydrogens (primary N) is 1. The first kappa shape index (κ1) is 15.3. The molecule has 0 saturated heterocycles. The Labute approximate surface area is 118 Å². The van der Waals surface area contributed by atoms with Crippen LogP contribution in [0.5, 0.6) is 5.75 Å². The largest absolute Gasteiger partial charge is 0.508 e. The molecule has 0 saturated carbocycles. The molecule has 5 nitrogen and oxygen atoms in total. The second-order valence-corrected chi connectivity index (χ2v) is 4.64. The molecular formula is C13H14F3N3O2. The fourth-order valence-corrected chi connectivity index (χ4v) is 1.75. The van der Waals surface area contributed by atoms with Crippen molar-refractivity contribution in [1.82, 2.24) is 10.1 Å². The number of rotatable bonds is 5. The number of aryl methyl sites for hydroxylation is 1. The van der Waals surface area contributed by atoms with Gasteiger partial charge in [0, 0.05) is 6.42 Å². The Kier molecular flexibility index (Phi) is 4.46. The number of phenols is 1. The van der Waals surface area contributed by atoms with Gasteiger partial charge in [0.25, 0.3) is 0 Å². The molecule has 1 aromatic heterocycles. The third-order valence-corrected chi connectivity index (χ3v) is 2.83. The molecule has 1 aromatic carbocycles. The molecule has 3 N–H and O–H groups in total. The molecule has 0 radical (unpaired) electrons. The van der Waals surface area contributed by atoms with Gasteiger partial charge in [-0.3, -0.25) is 0 Å². The van der Waals surface area contributed by atoms with Gasteiger partial charge in [0.15, 0.2) is 5.82 Å². The minimum absolute atomic E-state index is 0.0107. The Morgan fingerprint density at radius 2 is 1.90 bits per heavy atom. The Morgan fingerprint density at radius 1 is 1.24 bits per heavy atom. The fourth-order valence-electron chi connectivity index (χ4n) is 1.75. The summed E-state index contributed by atoms with van der Waals surface area (Å²) < 4.78 is 41.2. The van der Waals surface area contributed by atoms with Gasteiger partial charge in [0.1, 0.15) is 5.75 Å². The van der Waals surface area contributed by atoms with E-state index >= 15 is 0 Å². The van der Waals surface area contributed by atoms with Gasteiger partial charge in [0.2, 0.25) is 5.89 Å². The molecule has 2 rings (SSSR count). The van der Waals surface area contributed by atoms with E-state index < -0.39 is 18.6 Å². The zero-order chi connectivity index (χ0) is 15.5. The van der Waals surface area contributed by atoms with Crippen molar-refractivity contribution in [3.8, 4) is 5.75 Å². The predicted molar refractivity (Wildman–Crippen MR) is 67.4 cm³/mol. The first-order chi connectivity index (χ1) is 9.83. The van der Waals surface area contributed by atoms with Crippen molar-refractivity contribution in [2.45, 2.75) is 31.5 Å². The molecule has 0 aliphatic rings. The lowest BCUT2D eigenvalue weighted by Crippen LogP contribution is -2.14. The number of aromatic nitrogens is 2. The quantitative estimate of drug-likeness (QED) is 0.886. The molecule has 0 bridgehead atoms. The van der Waals surface area contributed by atoms with Crippen LogP contribution in [0.15, 0.2) is 28.8 Å². The summed E-state index contributed by atoms with van der Waals surface area (Å²) in [6.45, 7) is 0. The van der Waals surface area contributed by atoms with Gasteiger partial charge in [-0.15, -0.1) is 0 Å². The van der Waals surface area contributed by atoms with Crippen molar-refractivity contribution >= 4 is 0 Å². The second kappa shape index (κ2) is 6.13. The topological polar surface area (TPSA) is 85.2 Å². The highest BCUT2D eigenvalue weighted by molar-refractivity contribution is 5.26. The minimum atomic E-state index is -4.26. The van der Waals surface area contributed by atoms with E-state index in [0.29, 0.717) is 6.42 Å². The molecule has 8 heteroatoms. The van der Waals surface area contributed by atoms with E-state index in [1.165, 1.54) is 12.1 Å². The monoisotopic (exact) mass is 301 g/mol. The SMILES string of the molecule is N[C@@H](Cc1ccc(O)cc1)c1nc(CCC(F)(F)F)no1. The summed E-state index contributed by atoms with van der Waals surface area (Å²) in [4.78, 5) is 3.87. The van der Waals surface area contributed by atoms with Gasteiger partial charge < -0.3 is 15.4 Å². The van der Waals surface area contributed by atoms with E-state index in [1.807, 2.05) is 0 Å². The van der Waals surface area contributed by atoms with E-state index in [1.54, 1.807) is 12.1 Å². The van der Waals surface area contributed by atoms with Crippen molar-refractivity contribution < 1.29 is 22.8 Å². The number of hydrogen-bond donors (Lipinski definition) is 2. The number of nitrogens with zero attached hydrogens (tertiary/aromatic N) is 2. The van der Waals surface area contributed by atoms with Crippen molar-refractivity contribution in [2.24, 2.45) is 5.73 Å². The fraction of sp³-hybridized carbons (Fsp3) is 0.385. The van der Waals surface area contributed by atoms with Crippen LogP contribution in [0, 0.1) is 0 Å². The first-order valence-corrected chi connectivity index (χ1v) is 6.26. The van der Waals surface area contributed by atoms with Gasteiger partial charge in [-0.05, 0) is 24.1 Å². The smallest absolute Gasteiger partial charge is 0.389 e. The highest BCUT2D eigenvalue weighted by Crippen LogP contribution is 2.22. The van der Waals surface area contributed by atoms with Crippen LogP contribution in [0.1, 0.15) is 29.7 Å². The van der Waals surface area contributed by atoms with Crippen LogP contribution < -0.4 is 5.73 Å². The van der Waals surface area contributed by atoms with Crippen molar-refractivity contribution in [3.05, 3.63) is 41.5 Å². The van der Waals surface area contributed by atoms with Crippen LogP contribution in [-0.2, 0) is 12.8 Å². The Morgan fingerprint density at radius 3 is 2.52 bits per heavy atom. The maximum Gasteiger partial charge on any atom is 0.389 e. The van der Waals surface area contributed by atoms with Crippen molar-refractivity contribution in [1.29, 1.82) is 0 Å². The summed E-state index contributed by atoms with van der Waals surface area (Å²) in [6.07, 6.45) is -5.21. The molecule has 1 atom stereocenters. The molecule has 1 heterocycles. The summed E-state index contributed by atoms with van der Waals surface area (Å²) in [7, 11) is 0. The van der Waals surface area contributed by atoms with Crippen LogP contribution in [0.3, 0.4) is 0 Å². The first-order valence-electron chi connectivity index (χ1n) is 6.26. The van der Waals surface area contributed by atoms with Gasteiger partial charge in [-0.1, -0.05) is 17.3 Å². The second-order valence-electron chi connectivity index (χ2n) is 4.64. The highest BCUT2D eigenvalue weighted by Gasteiger charge is 2.28. The molecule has 21 heavy (non-hydrogen) atoms. The summed E-state index contributed by atoms with van der Waals surface area (Å²) in [6, 6.07) is 5.81. The number of phenolic OH excluding ortho intramolecular Hbond substituents is 1. The van der Waals surface area contributed by atoms with E-state index in [4.69, 9.17) is 10.3 Å². The molecule has 0 spiro atoms. The third kappa shape index (κ3) is 4.75. The molecule has 114 valence electrons. The third-order valence-electron chi connectivity index (χ3n) is 2.83. The maximum atomic E-state index is 12.1. The van der Waals surface area contributed by atoms with E-state index in [-0.39, 0.29) is 23.9 Å². The zero-order valence-corrected chi connectivity index (χ0v) is 11.0. The molecule has 0 aliphatic heterocycles. The lowest BCUT2D eigenvalue weighted by Gasteiger charge is -2.06. The number of benzene rings is 1. The number of aromatic hydroxyl groups is 1. The maximum absolute atomic E-state index is 12.1. The average molecular weight is 301 g/mol. The van der Waals surface area contributed by atoms with Gasteiger partial charge >= 0.3 is 6.18 Å². The Bertz CT molecular complexity index is 581. The standard InChI is InChI=1S/C13H14F3N3O2/c14-13(15,16)6-5-11-18-12(21-19-11)10(17)7-8-1-3-9(20)4-2-8/h1-4,10,20H,5-7,17H2/t10-/m0/s1. The lowest BCUT2D eigenvalue weighted by molar-refractivity contribution is -0.134. The van der Waals surface area contributed by atoms with Crippen LogP contribution >= 0.6 is 0 Å². The number of halogens is 3. The van der Waals surface area contributed by atoms with Crippen molar-refractivity contribution in [2.75, 3.05) is 0 Å². The van der Waals surface area contributed by atoms with Gasteiger partial charge in [-0.25, -0.2) is 0 Å². The van der Waals surface area contributed by atoms with Crippen LogP contribution in [0.4, 0.5) is 13.2 Å². The predicted octanol–water partition coefficient (Wildman–Crippen LogP) is 2.51. The zero-order valence-electron chi connectivity index (χ0n) is 11.0. The number of alkyl halides is 3. The van der Waals surface area contributed by atoms with Crippen molar-refractivity contribution in [3.63, 3.8) is 0 Å². The summed E-state index contributed by atoms with van der Waals surface area (Å²) in [5, 5.41) is 12.7. The van der Waals surface area contributed by atoms with Gasteiger partial charge in [0.05, 0.1) is 12.5 Å². The Hall–Kier alpha value is -2.09. The van der Waals surface area contributed by atoms with E-state index in [0.717, 1.165) is 5.56 Å². The summed E-state index contributed by atoms with van der Waals surface area (Å²) in [5.74, 6) is 0.225. The molecule has 0 amide bonds.